The van der Waals surface area contributed by atoms with Crippen LogP contribution in [-0.2, 0) is 0 Å². The maximum atomic E-state index is 12.3. The lowest BCUT2D eigenvalue weighted by molar-refractivity contribution is -0.0428. The van der Waals surface area contributed by atoms with E-state index < -0.39 is 6.29 Å². The highest BCUT2D eigenvalue weighted by Crippen LogP contribution is 2.22. The van der Waals surface area contributed by atoms with Crippen molar-refractivity contribution in [2.24, 2.45) is 0 Å². The Labute approximate surface area is 110 Å². The van der Waals surface area contributed by atoms with Crippen molar-refractivity contribution < 1.29 is 15.0 Å². The second kappa shape index (κ2) is 5.09. The number of ketones is 1. The van der Waals surface area contributed by atoms with Gasteiger partial charge in [-0.2, -0.15) is 0 Å². The third-order valence-electron chi connectivity index (χ3n) is 2.77. The van der Waals surface area contributed by atoms with Crippen LogP contribution in [0.15, 0.2) is 42.5 Å². The molecular formula is C14H14N2O3. The summed E-state index contributed by atoms with van der Waals surface area (Å²) in [5.74, 6) is -0.317. The van der Waals surface area contributed by atoms with Crippen molar-refractivity contribution in [1.29, 1.82) is 0 Å². The number of nitrogens with two attached hydrogens (primary N) is 2. The molecule has 6 N–H and O–H groups in total. The van der Waals surface area contributed by atoms with E-state index in [1.54, 1.807) is 24.3 Å². The quantitative estimate of drug-likeness (QED) is 0.374. The highest BCUT2D eigenvalue weighted by molar-refractivity contribution is 6.10. The van der Waals surface area contributed by atoms with E-state index in [9.17, 15) is 15.0 Å². The van der Waals surface area contributed by atoms with E-state index in [0.717, 1.165) is 0 Å². The molecule has 0 aromatic heterocycles. The lowest BCUT2D eigenvalue weighted by atomic mass is 9.97. The molecule has 2 rings (SSSR count). The predicted molar refractivity (Wildman–Crippen MR) is 72.3 cm³/mol. The molecule has 0 atom stereocenters. The summed E-state index contributed by atoms with van der Waals surface area (Å²) >= 11 is 0. The Morgan fingerprint density at radius 2 is 1.53 bits per heavy atom. The van der Waals surface area contributed by atoms with Crippen molar-refractivity contribution in [3.8, 4) is 0 Å². The van der Waals surface area contributed by atoms with Gasteiger partial charge in [0.2, 0.25) is 0 Å². The minimum absolute atomic E-state index is 0.0850. The molecule has 0 aliphatic heterocycles. The van der Waals surface area contributed by atoms with Gasteiger partial charge in [0.05, 0.1) is 0 Å². The zero-order chi connectivity index (χ0) is 14.0. The fourth-order valence-corrected chi connectivity index (χ4v) is 1.79. The molecule has 0 amide bonds. The van der Waals surface area contributed by atoms with Crippen LogP contribution >= 0.6 is 0 Å². The molecule has 98 valence electrons. The molecule has 0 radical (unpaired) electrons. The molecule has 0 aliphatic rings. The molecule has 0 heterocycles. The molecule has 0 aliphatic carbocycles. The topological polar surface area (TPSA) is 110 Å². The molecular weight excluding hydrogens is 244 g/mol. The minimum atomic E-state index is -1.75. The van der Waals surface area contributed by atoms with Gasteiger partial charge < -0.3 is 21.7 Å². The van der Waals surface area contributed by atoms with Crippen LogP contribution in [-0.4, -0.2) is 16.0 Å². The normalized spacial score (nSPS) is 10.7. The van der Waals surface area contributed by atoms with Crippen molar-refractivity contribution in [1.82, 2.24) is 0 Å². The Hall–Kier alpha value is -2.37. The number of carbonyl (C=O) groups is 1. The zero-order valence-corrected chi connectivity index (χ0v) is 10.1. The molecule has 2 aromatic carbocycles. The van der Waals surface area contributed by atoms with E-state index >= 15 is 0 Å². The molecule has 0 spiro atoms. The largest absolute Gasteiger partial charge is 0.399 e. The Balaban J connectivity index is 2.46. The summed E-state index contributed by atoms with van der Waals surface area (Å²) < 4.78 is 0. The molecule has 0 saturated carbocycles. The van der Waals surface area contributed by atoms with E-state index in [2.05, 4.69) is 0 Å². The van der Waals surface area contributed by atoms with E-state index in [-0.39, 0.29) is 16.9 Å². The van der Waals surface area contributed by atoms with Gasteiger partial charge in [-0.15, -0.1) is 0 Å². The second-order valence-electron chi connectivity index (χ2n) is 4.17. The summed E-state index contributed by atoms with van der Waals surface area (Å²) in [7, 11) is 0. The summed E-state index contributed by atoms with van der Waals surface area (Å²) in [6.07, 6.45) is -1.75. The van der Waals surface area contributed by atoms with Crippen LogP contribution in [0.4, 0.5) is 11.4 Å². The molecule has 2 aromatic rings. The number of carbonyl (C=O) groups excluding carboxylic acids is 1. The molecule has 5 nitrogen and oxygen atoms in total. The first-order valence-corrected chi connectivity index (χ1v) is 5.65. The number of benzene rings is 2. The highest BCUT2D eigenvalue weighted by Gasteiger charge is 2.17. The predicted octanol–water partition coefficient (Wildman–Crippen LogP) is 1.07. The van der Waals surface area contributed by atoms with Crippen LogP contribution in [0.2, 0.25) is 0 Å². The van der Waals surface area contributed by atoms with Crippen LogP contribution < -0.4 is 11.5 Å². The van der Waals surface area contributed by atoms with E-state index in [4.69, 9.17) is 11.5 Å². The van der Waals surface area contributed by atoms with Crippen LogP contribution in [0.3, 0.4) is 0 Å². The maximum Gasteiger partial charge on any atom is 0.193 e. The monoisotopic (exact) mass is 258 g/mol. The molecule has 0 saturated heterocycles. The summed E-state index contributed by atoms with van der Waals surface area (Å²) in [6.45, 7) is 0. The van der Waals surface area contributed by atoms with Crippen molar-refractivity contribution >= 4 is 17.2 Å². The molecule has 0 bridgehead atoms. The number of nitrogen functional groups attached to an aromatic ring is 2. The van der Waals surface area contributed by atoms with Gasteiger partial charge in [0, 0.05) is 28.1 Å². The average Bonchev–Trinajstić information content (AvgIpc) is 2.38. The lowest BCUT2D eigenvalue weighted by Crippen LogP contribution is -2.09. The van der Waals surface area contributed by atoms with Crippen LogP contribution in [0.1, 0.15) is 27.8 Å². The summed E-state index contributed by atoms with van der Waals surface area (Å²) in [5, 5.41) is 18.6. The lowest BCUT2D eigenvalue weighted by Gasteiger charge is -2.11. The maximum absolute atomic E-state index is 12.3. The van der Waals surface area contributed by atoms with Crippen LogP contribution in [0.25, 0.3) is 0 Å². The number of anilines is 2. The summed E-state index contributed by atoms with van der Waals surface area (Å²) in [4.78, 5) is 12.3. The first-order chi connectivity index (χ1) is 8.99. The van der Waals surface area contributed by atoms with Gasteiger partial charge in [-0.05, 0) is 42.5 Å². The van der Waals surface area contributed by atoms with Gasteiger partial charge >= 0.3 is 0 Å². The first-order valence-electron chi connectivity index (χ1n) is 5.65. The highest BCUT2D eigenvalue weighted by atomic mass is 16.5. The standard InChI is InChI=1S/C14H14N2O3/c15-9-3-1-8(2-4-9)13(17)11-6-5-10(16)7-12(11)14(18)19/h1-7,14,18-19H,15-16H2. The Bertz CT molecular complexity index is 607. The van der Waals surface area contributed by atoms with Crippen molar-refractivity contribution in [2.75, 3.05) is 11.5 Å². The van der Waals surface area contributed by atoms with E-state index in [1.165, 1.54) is 18.2 Å². The number of hydrogen-bond donors (Lipinski definition) is 4. The SMILES string of the molecule is Nc1ccc(C(=O)c2ccc(N)cc2C(O)O)cc1. The van der Waals surface area contributed by atoms with E-state index in [0.29, 0.717) is 16.9 Å². The fourth-order valence-electron chi connectivity index (χ4n) is 1.79. The number of aliphatic hydroxyl groups excluding tert-OH is 1. The molecule has 0 fully saturated rings. The third-order valence-corrected chi connectivity index (χ3v) is 2.77. The van der Waals surface area contributed by atoms with E-state index in [1.807, 2.05) is 0 Å². The van der Waals surface area contributed by atoms with Gasteiger partial charge in [0.15, 0.2) is 12.1 Å². The number of hydrogen-bond acceptors (Lipinski definition) is 5. The first kappa shape index (κ1) is 13.1. The number of aliphatic hydroxyl groups is 2. The molecule has 0 unspecified atom stereocenters. The second-order valence-corrected chi connectivity index (χ2v) is 4.17. The van der Waals surface area contributed by atoms with Crippen LogP contribution in [0.5, 0.6) is 0 Å². The smallest absolute Gasteiger partial charge is 0.193 e. The average molecular weight is 258 g/mol. The van der Waals surface area contributed by atoms with Crippen LogP contribution in [0, 0.1) is 0 Å². The van der Waals surface area contributed by atoms with Gasteiger partial charge in [-0.1, -0.05) is 0 Å². The summed E-state index contributed by atoms with van der Waals surface area (Å²) in [5.41, 5.74) is 12.7. The van der Waals surface area contributed by atoms with Gasteiger partial charge in [-0.25, -0.2) is 0 Å². The zero-order valence-electron chi connectivity index (χ0n) is 10.1. The van der Waals surface area contributed by atoms with Crippen molar-refractivity contribution in [3.05, 3.63) is 59.2 Å². The van der Waals surface area contributed by atoms with Crippen molar-refractivity contribution in [2.45, 2.75) is 6.29 Å². The minimum Gasteiger partial charge on any atom is -0.399 e. The summed E-state index contributed by atoms with van der Waals surface area (Å²) in [6, 6.07) is 10.8. The fraction of sp³-hybridized carbons (Fsp3) is 0.0714. The number of rotatable bonds is 3. The van der Waals surface area contributed by atoms with Crippen molar-refractivity contribution in [3.63, 3.8) is 0 Å². The third kappa shape index (κ3) is 2.73. The Kier molecular flexibility index (Phi) is 3.50. The van der Waals surface area contributed by atoms with Gasteiger partial charge in [-0.3, -0.25) is 4.79 Å². The molecule has 19 heavy (non-hydrogen) atoms. The Morgan fingerprint density at radius 3 is 2.11 bits per heavy atom. The molecule has 5 heteroatoms. The Morgan fingerprint density at radius 1 is 0.947 bits per heavy atom. The van der Waals surface area contributed by atoms with Gasteiger partial charge in [0.1, 0.15) is 0 Å². The van der Waals surface area contributed by atoms with Gasteiger partial charge in [0.25, 0.3) is 0 Å².